The molecule has 41 heavy (non-hydrogen) atoms. The van der Waals surface area contributed by atoms with E-state index in [1.165, 1.54) is 6.08 Å². The van der Waals surface area contributed by atoms with Crippen LogP contribution < -0.4 is 5.73 Å². The highest BCUT2D eigenvalue weighted by Crippen LogP contribution is 2.40. The average molecular weight is 629 g/mol. The van der Waals surface area contributed by atoms with Gasteiger partial charge in [0.2, 0.25) is 0 Å². The van der Waals surface area contributed by atoms with Gasteiger partial charge < -0.3 is 25.4 Å². The zero-order valence-corrected chi connectivity index (χ0v) is 26.0. The number of phenolic OH excluding ortho intramolecular Hbond substituents is 1. The van der Waals surface area contributed by atoms with Crippen molar-refractivity contribution in [3.05, 3.63) is 76.8 Å². The topological polar surface area (TPSA) is 119 Å². The zero-order valence-electron chi connectivity index (χ0n) is 24.4. The monoisotopic (exact) mass is 627 g/mol. The van der Waals surface area contributed by atoms with Gasteiger partial charge in [0.1, 0.15) is 18.0 Å². The van der Waals surface area contributed by atoms with E-state index in [4.69, 9.17) is 15.2 Å². The number of aliphatic hydroxyl groups is 1. The van der Waals surface area contributed by atoms with E-state index in [0.29, 0.717) is 29.3 Å². The van der Waals surface area contributed by atoms with Gasteiger partial charge in [0.15, 0.2) is 0 Å². The lowest BCUT2D eigenvalue weighted by Gasteiger charge is -2.28. The summed E-state index contributed by atoms with van der Waals surface area (Å²) in [5.74, 6) is 5.69. The van der Waals surface area contributed by atoms with Crippen molar-refractivity contribution in [2.24, 2.45) is 28.9 Å². The van der Waals surface area contributed by atoms with Gasteiger partial charge in [-0.05, 0) is 76.9 Å². The van der Waals surface area contributed by atoms with Crippen molar-refractivity contribution in [3.63, 3.8) is 0 Å². The number of ether oxygens (including phenoxy) is 2. The predicted octanol–water partition coefficient (Wildman–Crippen LogP) is 6.91. The summed E-state index contributed by atoms with van der Waals surface area (Å²) in [4.78, 5) is 23.9. The lowest BCUT2D eigenvalue weighted by molar-refractivity contribution is -0.142. The Morgan fingerprint density at radius 2 is 1.90 bits per heavy atom. The zero-order chi connectivity index (χ0) is 30.6. The maximum absolute atomic E-state index is 12.5. The number of halogens is 1. The van der Waals surface area contributed by atoms with Crippen molar-refractivity contribution in [2.45, 2.75) is 72.2 Å². The quantitative estimate of drug-likeness (QED) is 0.185. The number of rotatable bonds is 5. The van der Waals surface area contributed by atoms with Crippen molar-refractivity contribution in [2.75, 3.05) is 0 Å². The number of hydrogen-bond donors (Lipinski definition) is 3. The molecule has 0 spiro atoms. The Hall–Kier alpha value is -3.28. The minimum atomic E-state index is -0.870. The molecule has 0 bridgehead atoms. The van der Waals surface area contributed by atoms with Crippen LogP contribution in [-0.4, -0.2) is 34.5 Å². The second kappa shape index (κ2) is 16.2. The molecule has 4 N–H and O–H groups in total. The normalized spacial score (nSPS) is 26.0. The Balaban J connectivity index is 2.15. The van der Waals surface area contributed by atoms with Crippen molar-refractivity contribution >= 4 is 28.0 Å². The highest BCUT2D eigenvalue weighted by Gasteiger charge is 2.28. The van der Waals surface area contributed by atoms with Crippen molar-refractivity contribution in [1.82, 2.24) is 0 Å². The Bertz CT molecular complexity index is 1220. The Morgan fingerprint density at radius 1 is 1.20 bits per heavy atom. The van der Waals surface area contributed by atoms with E-state index < -0.39 is 29.7 Å². The number of hydrogen-bond acceptors (Lipinski definition) is 6. The van der Waals surface area contributed by atoms with Crippen LogP contribution in [0.5, 0.6) is 5.75 Å². The molecule has 1 aliphatic rings. The number of aromatic hydroxyl groups is 1. The molecule has 1 aromatic carbocycles. The third-order valence-electron chi connectivity index (χ3n) is 6.95. The third-order valence-corrected chi connectivity index (χ3v) is 7.81. The molecule has 0 aliphatic carbocycles. The lowest BCUT2D eigenvalue weighted by Crippen LogP contribution is -2.26. The van der Waals surface area contributed by atoms with Crippen LogP contribution in [-0.2, 0) is 14.3 Å². The van der Waals surface area contributed by atoms with E-state index in [0.717, 1.165) is 0 Å². The van der Waals surface area contributed by atoms with Crippen LogP contribution in [0.2, 0.25) is 0 Å². The molecule has 0 saturated carbocycles. The first-order valence-electron chi connectivity index (χ1n) is 13.8. The number of cyclic esters (lactones) is 1. The molecule has 0 unspecified atom stereocenters. The second-order valence-corrected chi connectivity index (χ2v) is 12.1. The summed E-state index contributed by atoms with van der Waals surface area (Å²) >= 11 is 3.34. The summed E-state index contributed by atoms with van der Waals surface area (Å²) < 4.78 is 11.5. The molecular formula is C33H42BrNO6. The highest BCUT2D eigenvalue weighted by molar-refractivity contribution is 9.10. The van der Waals surface area contributed by atoms with Crippen LogP contribution in [0.25, 0.3) is 0 Å². The first-order valence-corrected chi connectivity index (χ1v) is 14.6. The fourth-order valence-corrected chi connectivity index (χ4v) is 4.98. The number of nitrogens with two attached hydrogens (primary N) is 1. The van der Waals surface area contributed by atoms with Crippen LogP contribution in [0.4, 0.5) is 4.79 Å². The van der Waals surface area contributed by atoms with E-state index >= 15 is 0 Å². The van der Waals surface area contributed by atoms with Crippen molar-refractivity contribution < 1.29 is 29.3 Å². The number of primary amides is 1. The molecule has 7 nitrogen and oxygen atoms in total. The summed E-state index contributed by atoms with van der Waals surface area (Å²) in [6.45, 7) is 9.79. The van der Waals surface area contributed by atoms with Crippen LogP contribution in [0.3, 0.4) is 0 Å². The average Bonchev–Trinajstić information content (AvgIpc) is 2.88. The van der Waals surface area contributed by atoms with Gasteiger partial charge >= 0.3 is 12.1 Å². The van der Waals surface area contributed by atoms with E-state index in [-0.39, 0.29) is 29.6 Å². The van der Waals surface area contributed by atoms with Crippen LogP contribution in [0.1, 0.15) is 65.5 Å². The number of allylic oxidation sites excluding steroid dienone is 4. The molecule has 1 aromatic rings. The summed E-state index contributed by atoms with van der Waals surface area (Å²) in [6, 6.07) is 4.99. The molecule has 1 aliphatic heterocycles. The fourth-order valence-electron chi connectivity index (χ4n) is 4.50. The maximum Gasteiger partial charge on any atom is 0.404 e. The van der Waals surface area contributed by atoms with Crippen LogP contribution >= 0.6 is 15.9 Å². The Morgan fingerprint density at radius 3 is 2.61 bits per heavy atom. The number of carbonyl (C=O) groups excluding carboxylic acids is 2. The van der Waals surface area contributed by atoms with Crippen molar-refractivity contribution in [1.29, 1.82) is 0 Å². The number of phenols is 1. The summed E-state index contributed by atoms with van der Waals surface area (Å²) in [5.41, 5.74) is 5.21. The molecule has 0 radical (unpaired) electrons. The number of amides is 1. The van der Waals surface area contributed by atoms with Crippen LogP contribution in [0.15, 0.2) is 71.3 Å². The highest BCUT2D eigenvalue weighted by atomic mass is 79.9. The van der Waals surface area contributed by atoms with Gasteiger partial charge in [-0.15, -0.1) is 0 Å². The lowest BCUT2D eigenvalue weighted by atomic mass is 9.82. The standard InChI is InChI=1S/C33H42BrNO6/c1-22-12-10-16-29(37)41-28(24(3)18-17-23(2)21-25(20-22)40-32(35)39)15-8-6-7-9-19-33(4,5)31(38)26-13-11-14-27(36)30(26)34/h8-11,13-19,22-25,28,31,36,38H,12,20-21H2,1-5H3,(H2,35,39)/b15-8+,16-10-,18-17?,19-9+/t22-,23+,24+,25-,28+,31-/m0/s1. The molecule has 222 valence electrons. The van der Waals surface area contributed by atoms with E-state index in [9.17, 15) is 19.8 Å². The Labute approximate surface area is 252 Å². The van der Waals surface area contributed by atoms with Gasteiger partial charge in [0.05, 0.1) is 10.6 Å². The number of carbonyl (C=O) groups is 2. The molecule has 0 saturated heterocycles. The molecular weight excluding hydrogens is 586 g/mol. The summed E-state index contributed by atoms with van der Waals surface area (Å²) in [7, 11) is 0. The molecule has 0 aromatic heterocycles. The van der Waals surface area contributed by atoms with Gasteiger partial charge in [0.25, 0.3) is 0 Å². The number of benzene rings is 1. The van der Waals surface area contributed by atoms with E-state index in [1.54, 1.807) is 42.5 Å². The first-order chi connectivity index (χ1) is 19.3. The SMILES string of the molecule is C[C@H]1C/C=C\C(=O)O[C@H](/C=C/C#C/C=C/C(C)(C)[C@@H](O)c2cccc(O)c2Br)[C@H](C)C=C[C@@H](C)C[C@@H](OC(N)=O)C1. The van der Waals surface area contributed by atoms with Gasteiger partial charge in [-0.2, -0.15) is 0 Å². The summed E-state index contributed by atoms with van der Waals surface area (Å²) in [5, 5.41) is 20.8. The molecule has 8 heteroatoms. The second-order valence-electron chi connectivity index (χ2n) is 11.3. The van der Waals surface area contributed by atoms with Gasteiger partial charge in [-0.1, -0.05) is 82.9 Å². The van der Waals surface area contributed by atoms with E-state index in [2.05, 4.69) is 27.8 Å². The fraction of sp³-hybridized carbons (Fsp3) is 0.455. The van der Waals surface area contributed by atoms with Gasteiger partial charge in [0, 0.05) is 17.4 Å². The molecule has 6 atom stereocenters. The van der Waals surface area contributed by atoms with Crippen molar-refractivity contribution in [3.8, 4) is 17.6 Å². The molecule has 1 heterocycles. The smallest absolute Gasteiger partial charge is 0.404 e. The minimum Gasteiger partial charge on any atom is -0.507 e. The minimum absolute atomic E-state index is 0.0645. The van der Waals surface area contributed by atoms with E-state index in [1.807, 2.05) is 52.8 Å². The van der Waals surface area contributed by atoms with Gasteiger partial charge in [-0.3, -0.25) is 0 Å². The predicted molar refractivity (Wildman–Crippen MR) is 165 cm³/mol. The summed E-state index contributed by atoms with van der Waals surface area (Å²) in [6.07, 6.45) is 13.6. The largest absolute Gasteiger partial charge is 0.507 e. The molecule has 2 rings (SSSR count). The first kappa shape index (κ1) is 33.9. The molecule has 0 fully saturated rings. The molecule has 1 amide bonds. The number of aliphatic hydroxyl groups excluding tert-OH is 1. The van der Waals surface area contributed by atoms with Gasteiger partial charge in [-0.25, -0.2) is 9.59 Å². The maximum atomic E-state index is 12.5. The third kappa shape index (κ3) is 11.6. The Kier molecular flexibility index (Phi) is 13.4. The van der Waals surface area contributed by atoms with Crippen LogP contribution in [0, 0.1) is 35.0 Å². The number of esters is 1.